The molecular formula is C21H27N3O2. The predicted molar refractivity (Wildman–Crippen MR) is 103 cm³/mol. The summed E-state index contributed by atoms with van der Waals surface area (Å²) < 4.78 is 11.4. The second kappa shape index (κ2) is 7.25. The Morgan fingerprint density at radius 2 is 2.00 bits per heavy atom. The Balaban J connectivity index is 1.39. The largest absolute Gasteiger partial charge is 0.487 e. The predicted octanol–water partition coefficient (Wildman–Crippen LogP) is 2.92. The van der Waals surface area contributed by atoms with Crippen molar-refractivity contribution in [1.82, 2.24) is 10.3 Å². The topological polar surface area (TPSA) is 46.6 Å². The van der Waals surface area contributed by atoms with E-state index in [2.05, 4.69) is 53.3 Å². The number of anilines is 1. The Hall–Kier alpha value is -2.11. The van der Waals surface area contributed by atoms with Crippen molar-refractivity contribution in [3.63, 3.8) is 0 Å². The van der Waals surface area contributed by atoms with E-state index in [-0.39, 0.29) is 5.60 Å². The maximum Gasteiger partial charge on any atom is 0.133 e. The molecule has 3 heterocycles. The third kappa shape index (κ3) is 3.84. The Morgan fingerprint density at radius 1 is 1.15 bits per heavy atom. The molecule has 1 aromatic carbocycles. The number of ether oxygens (including phenoxy) is 2. The van der Waals surface area contributed by atoms with Crippen LogP contribution < -0.4 is 15.0 Å². The van der Waals surface area contributed by atoms with Gasteiger partial charge >= 0.3 is 0 Å². The average molecular weight is 353 g/mol. The molecule has 4 rings (SSSR count). The second-order valence-electron chi connectivity index (χ2n) is 7.67. The van der Waals surface area contributed by atoms with Gasteiger partial charge in [0.05, 0.1) is 13.2 Å². The average Bonchev–Trinajstić information content (AvgIpc) is 2.96. The Labute approximate surface area is 155 Å². The molecule has 1 aromatic heterocycles. The number of fused-ring (bicyclic) bond motifs is 1. The van der Waals surface area contributed by atoms with Crippen molar-refractivity contribution < 1.29 is 9.47 Å². The Kier molecular flexibility index (Phi) is 4.83. The molecule has 5 heteroatoms. The first-order valence-corrected chi connectivity index (χ1v) is 9.39. The SMILES string of the molecule is CC1(C)Cc2cc(CNCc3cccnc3N3CCOCC3)ccc2O1. The van der Waals surface area contributed by atoms with E-state index in [0.717, 1.165) is 57.4 Å². The van der Waals surface area contributed by atoms with Crippen molar-refractivity contribution in [1.29, 1.82) is 0 Å². The molecule has 2 aromatic rings. The van der Waals surface area contributed by atoms with Gasteiger partial charge in [-0.15, -0.1) is 0 Å². The minimum atomic E-state index is -0.0862. The van der Waals surface area contributed by atoms with E-state index in [1.54, 1.807) is 0 Å². The molecule has 0 amide bonds. The summed E-state index contributed by atoms with van der Waals surface area (Å²) in [4.78, 5) is 6.92. The fourth-order valence-electron chi connectivity index (χ4n) is 3.74. The number of benzene rings is 1. The number of hydrogen-bond acceptors (Lipinski definition) is 5. The number of nitrogens with one attached hydrogen (secondary N) is 1. The first-order chi connectivity index (χ1) is 12.6. The highest BCUT2D eigenvalue weighted by Crippen LogP contribution is 2.35. The summed E-state index contributed by atoms with van der Waals surface area (Å²) in [5.74, 6) is 2.10. The summed E-state index contributed by atoms with van der Waals surface area (Å²) in [6.07, 6.45) is 2.84. The molecule has 1 saturated heterocycles. The van der Waals surface area contributed by atoms with Crippen LogP contribution in [0.3, 0.4) is 0 Å². The van der Waals surface area contributed by atoms with E-state index in [1.807, 2.05) is 12.3 Å². The molecule has 2 aliphatic rings. The van der Waals surface area contributed by atoms with Crippen LogP contribution >= 0.6 is 0 Å². The summed E-state index contributed by atoms with van der Waals surface area (Å²) in [5, 5.41) is 3.57. The first-order valence-electron chi connectivity index (χ1n) is 9.39. The van der Waals surface area contributed by atoms with Crippen LogP contribution in [0.5, 0.6) is 5.75 Å². The van der Waals surface area contributed by atoms with Gasteiger partial charge in [0.1, 0.15) is 17.2 Å². The maximum absolute atomic E-state index is 5.96. The number of aromatic nitrogens is 1. The van der Waals surface area contributed by atoms with E-state index in [0.29, 0.717) is 0 Å². The monoisotopic (exact) mass is 353 g/mol. The Bertz CT molecular complexity index is 770. The zero-order valence-electron chi connectivity index (χ0n) is 15.6. The molecule has 0 unspecified atom stereocenters. The molecule has 0 saturated carbocycles. The lowest BCUT2D eigenvalue weighted by Crippen LogP contribution is -2.37. The van der Waals surface area contributed by atoms with E-state index in [1.165, 1.54) is 16.7 Å². The standard InChI is InChI=1S/C21H27N3O2/c1-21(2)13-18-12-16(5-6-19(18)26-21)14-22-15-17-4-3-7-23-20(17)24-8-10-25-11-9-24/h3-7,12,22H,8-11,13-15H2,1-2H3. The van der Waals surface area contributed by atoms with Crippen LogP contribution in [-0.4, -0.2) is 36.9 Å². The molecule has 1 fully saturated rings. The fraction of sp³-hybridized carbons (Fsp3) is 0.476. The first kappa shape index (κ1) is 17.3. The quantitative estimate of drug-likeness (QED) is 0.896. The molecule has 0 atom stereocenters. The lowest BCUT2D eigenvalue weighted by Gasteiger charge is -2.29. The number of rotatable bonds is 5. The Morgan fingerprint density at radius 3 is 2.85 bits per heavy atom. The smallest absolute Gasteiger partial charge is 0.133 e. The third-order valence-corrected chi connectivity index (χ3v) is 4.95. The van der Waals surface area contributed by atoms with Gasteiger partial charge in [0.2, 0.25) is 0 Å². The molecule has 0 bridgehead atoms. The van der Waals surface area contributed by atoms with Crippen LogP contribution in [0.4, 0.5) is 5.82 Å². The summed E-state index contributed by atoms with van der Waals surface area (Å²) >= 11 is 0. The van der Waals surface area contributed by atoms with Gasteiger partial charge < -0.3 is 19.7 Å². The summed E-state index contributed by atoms with van der Waals surface area (Å²) in [7, 11) is 0. The number of hydrogen-bond donors (Lipinski definition) is 1. The molecule has 138 valence electrons. The lowest BCUT2D eigenvalue weighted by atomic mass is 10.0. The van der Waals surface area contributed by atoms with Crippen molar-refractivity contribution in [2.24, 2.45) is 0 Å². The highest BCUT2D eigenvalue weighted by Gasteiger charge is 2.29. The van der Waals surface area contributed by atoms with Crippen molar-refractivity contribution in [3.05, 3.63) is 53.2 Å². The van der Waals surface area contributed by atoms with Crippen LogP contribution in [0.15, 0.2) is 36.5 Å². The van der Waals surface area contributed by atoms with Crippen molar-refractivity contribution in [2.75, 3.05) is 31.2 Å². The zero-order valence-corrected chi connectivity index (χ0v) is 15.6. The number of morpholine rings is 1. The van der Waals surface area contributed by atoms with Gasteiger partial charge in [-0.1, -0.05) is 18.2 Å². The zero-order chi connectivity index (χ0) is 18.0. The number of nitrogens with zero attached hydrogens (tertiary/aromatic N) is 2. The normalized spacial score (nSPS) is 18.5. The van der Waals surface area contributed by atoms with Gasteiger partial charge in [-0.3, -0.25) is 0 Å². The molecule has 0 aliphatic carbocycles. The van der Waals surface area contributed by atoms with Crippen LogP contribution in [0, 0.1) is 0 Å². The van der Waals surface area contributed by atoms with Gasteiger partial charge in [0, 0.05) is 44.4 Å². The maximum atomic E-state index is 5.96. The van der Waals surface area contributed by atoms with Gasteiger partial charge in [-0.2, -0.15) is 0 Å². The van der Waals surface area contributed by atoms with E-state index >= 15 is 0 Å². The van der Waals surface area contributed by atoms with Crippen LogP contribution in [-0.2, 0) is 24.2 Å². The minimum Gasteiger partial charge on any atom is -0.487 e. The molecule has 26 heavy (non-hydrogen) atoms. The van der Waals surface area contributed by atoms with E-state index < -0.39 is 0 Å². The summed E-state index contributed by atoms with van der Waals surface area (Å²) in [6, 6.07) is 10.7. The van der Waals surface area contributed by atoms with Crippen molar-refractivity contribution >= 4 is 5.82 Å². The van der Waals surface area contributed by atoms with Gasteiger partial charge in [0.15, 0.2) is 0 Å². The van der Waals surface area contributed by atoms with Crippen LogP contribution in [0.25, 0.3) is 0 Å². The molecule has 0 spiro atoms. The fourth-order valence-corrected chi connectivity index (χ4v) is 3.74. The minimum absolute atomic E-state index is 0.0862. The van der Waals surface area contributed by atoms with Crippen molar-refractivity contribution in [3.8, 4) is 5.75 Å². The second-order valence-corrected chi connectivity index (χ2v) is 7.67. The highest BCUT2D eigenvalue weighted by atomic mass is 16.5. The van der Waals surface area contributed by atoms with Gasteiger partial charge in [-0.25, -0.2) is 4.98 Å². The molecule has 0 radical (unpaired) electrons. The lowest BCUT2D eigenvalue weighted by molar-refractivity contribution is 0.122. The van der Waals surface area contributed by atoms with Gasteiger partial charge in [0.25, 0.3) is 0 Å². The highest BCUT2D eigenvalue weighted by molar-refractivity contribution is 5.47. The third-order valence-electron chi connectivity index (χ3n) is 4.95. The van der Waals surface area contributed by atoms with Crippen LogP contribution in [0.2, 0.25) is 0 Å². The number of pyridine rings is 1. The molecule has 2 aliphatic heterocycles. The van der Waals surface area contributed by atoms with Gasteiger partial charge in [-0.05, 0) is 37.1 Å². The van der Waals surface area contributed by atoms with Crippen LogP contribution in [0.1, 0.15) is 30.5 Å². The summed E-state index contributed by atoms with van der Waals surface area (Å²) in [5.41, 5.74) is 3.75. The summed E-state index contributed by atoms with van der Waals surface area (Å²) in [6.45, 7) is 9.29. The van der Waals surface area contributed by atoms with E-state index in [9.17, 15) is 0 Å². The molecular weight excluding hydrogens is 326 g/mol. The molecule has 5 nitrogen and oxygen atoms in total. The molecule has 1 N–H and O–H groups in total. The van der Waals surface area contributed by atoms with E-state index in [4.69, 9.17) is 9.47 Å². The van der Waals surface area contributed by atoms with Crippen molar-refractivity contribution in [2.45, 2.75) is 39.0 Å².